The Morgan fingerprint density at radius 2 is 1.88 bits per heavy atom. The standard InChI is InChI=1S/C17H23ClN2O4.ClH/c1-11(2)19-8-13(21)9-22-14-6-4-5-7-15(14)23-10-16-17(18)12(3)20-24-16;/h4-7,11,13,19,21H,8-10H2,1-3H3;1H. The summed E-state index contributed by atoms with van der Waals surface area (Å²) in [5.41, 5.74) is 0.626. The van der Waals surface area contributed by atoms with E-state index in [1.54, 1.807) is 19.1 Å². The van der Waals surface area contributed by atoms with E-state index in [0.717, 1.165) is 0 Å². The van der Waals surface area contributed by atoms with Gasteiger partial charge in [-0.3, -0.25) is 0 Å². The molecule has 0 spiro atoms. The predicted molar refractivity (Wildman–Crippen MR) is 98.9 cm³/mol. The average Bonchev–Trinajstić information content (AvgIpc) is 2.88. The third kappa shape index (κ3) is 6.74. The number of aromatic nitrogens is 1. The third-order valence-electron chi connectivity index (χ3n) is 3.26. The number of aliphatic hydroxyl groups is 1. The van der Waals surface area contributed by atoms with Gasteiger partial charge in [-0.1, -0.05) is 42.7 Å². The summed E-state index contributed by atoms with van der Waals surface area (Å²) in [6.45, 7) is 6.59. The van der Waals surface area contributed by atoms with Crippen LogP contribution in [0.2, 0.25) is 5.02 Å². The SMILES string of the molecule is Cc1noc(COc2ccccc2OCC(O)CNC(C)C)c1Cl.Cl. The summed E-state index contributed by atoms with van der Waals surface area (Å²) in [6.07, 6.45) is -0.605. The molecule has 0 saturated carbocycles. The zero-order chi connectivity index (χ0) is 17.5. The van der Waals surface area contributed by atoms with Gasteiger partial charge in [0, 0.05) is 12.6 Å². The Labute approximate surface area is 158 Å². The van der Waals surface area contributed by atoms with E-state index in [-0.39, 0.29) is 25.6 Å². The van der Waals surface area contributed by atoms with Crippen LogP contribution in [0.3, 0.4) is 0 Å². The van der Waals surface area contributed by atoms with Crippen LogP contribution in [0.5, 0.6) is 11.5 Å². The van der Waals surface area contributed by atoms with Crippen LogP contribution in [-0.2, 0) is 6.61 Å². The lowest BCUT2D eigenvalue weighted by molar-refractivity contribution is 0.102. The Morgan fingerprint density at radius 1 is 1.24 bits per heavy atom. The van der Waals surface area contributed by atoms with E-state index in [9.17, 15) is 5.11 Å². The Morgan fingerprint density at radius 3 is 2.44 bits per heavy atom. The van der Waals surface area contributed by atoms with Crippen LogP contribution >= 0.6 is 24.0 Å². The Bertz CT molecular complexity index is 649. The summed E-state index contributed by atoms with van der Waals surface area (Å²) in [6, 6.07) is 7.56. The molecule has 0 bridgehead atoms. The summed E-state index contributed by atoms with van der Waals surface area (Å²) in [5, 5.41) is 17.3. The molecule has 2 N–H and O–H groups in total. The van der Waals surface area contributed by atoms with Crippen molar-refractivity contribution in [2.24, 2.45) is 0 Å². The highest BCUT2D eigenvalue weighted by atomic mass is 35.5. The molecule has 1 heterocycles. The van der Waals surface area contributed by atoms with Gasteiger partial charge in [0.25, 0.3) is 0 Å². The first kappa shape index (κ1) is 21.6. The number of para-hydroxylation sites is 2. The van der Waals surface area contributed by atoms with E-state index in [2.05, 4.69) is 10.5 Å². The molecule has 1 aromatic heterocycles. The lowest BCUT2D eigenvalue weighted by atomic mass is 10.3. The lowest BCUT2D eigenvalue weighted by Gasteiger charge is -2.16. The van der Waals surface area contributed by atoms with Gasteiger partial charge in [-0.05, 0) is 19.1 Å². The van der Waals surface area contributed by atoms with Gasteiger partial charge in [0.1, 0.15) is 17.7 Å². The van der Waals surface area contributed by atoms with E-state index in [0.29, 0.717) is 40.6 Å². The number of ether oxygens (including phenoxy) is 2. The maximum Gasteiger partial charge on any atom is 0.192 e. The lowest BCUT2D eigenvalue weighted by Crippen LogP contribution is -2.35. The Balaban J connectivity index is 0.00000312. The maximum atomic E-state index is 9.93. The molecule has 0 saturated heterocycles. The fourth-order valence-electron chi connectivity index (χ4n) is 1.94. The fraction of sp³-hybridized carbons (Fsp3) is 0.471. The second kappa shape index (κ2) is 10.5. The van der Waals surface area contributed by atoms with E-state index >= 15 is 0 Å². The van der Waals surface area contributed by atoms with Crippen molar-refractivity contribution in [2.45, 2.75) is 39.5 Å². The van der Waals surface area contributed by atoms with Gasteiger partial charge < -0.3 is 24.4 Å². The largest absolute Gasteiger partial charge is 0.487 e. The molecule has 0 amide bonds. The number of rotatable bonds is 9. The number of benzene rings is 1. The molecule has 1 atom stereocenters. The second-order valence-electron chi connectivity index (χ2n) is 5.77. The molecule has 8 heteroatoms. The summed E-state index contributed by atoms with van der Waals surface area (Å²) in [5.74, 6) is 1.56. The summed E-state index contributed by atoms with van der Waals surface area (Å²) >= 11 is 6.07. The van der Waals surface area contributed by atoms with Gasteiger partial charge in [0.2, 0.25) is 0 Å². The van der Waals surface area contributed by atoms with Crippen LogP contribution in [0.15, 0.2) is 28.8 Å². The molecule has 1 aromatic carbocycles. The van der Waals surface area contributed by atoms with Crippen molar-refractivity contribution >= 4 is 24.0 Å². The Hall–Kier alpha value is -1.47. The van der Waals surface area contributed by atoms with Crippen molar-refractivity contribution in [3.63, 3.8) is 0 Å². The normalized spacial score (nSPS) is 11.9. The number of nitrogens with one attached hydrogen (secondary N) is 1. The number of hydrogen-bond donors (Lipinski definition) is 2. The molecule has 0 fully saturated rings. The molecule has 0 radical (unpaired) electrons. The van der Waals surface area contributed by atoms with Gasteiger partial charge >= 0.3 is 0 Å². The zero-order valence-corrected chi connectivity index (χ0v) is 16.1. The highest BCUT2D eigenvalue weighted by Gasteiger charge is 2.13. The third-order valence-corrected chi connectivity index (χ3v) is 3.74. The molecule has 2 aromatic rings. The first-order chi connectivity index (χ1) is 11.5. The number of halogens is 2. The summed E-state index contributed by atoms with van der Waals surface area (Å²) in [7, 11) is 0. The molecule has 25 heavy (non-hydrogen) atoms. The van der Waals surface area contributed by atoms with Gasteiger partial charge in [0.05, 0.1) is 5.69 Å². The van der Waals surface area contributed by atoms with Gasteiger partial charge in [0.15, 0.2) is 23.9 Å². The minimum Gasteiger partial charge on any atom is -0.487 e. The van der Waals surface area contributed by atoms with Crippen molar-refractivity contribution in [3.05, 3.63) is 40.7 Å². The first-order valence-corrected chi connectivity index (χ1v) is 8.22. The molecule has 0 aliphatic heterocycles. The van der Waals surface area contributed by atoms with Gasteiger partial charge in [-0.25, -0.2) is 0 Å². The number of aryl methyl sites for hydroxylation is 1. The Kier molecular flexibility index (Phi) is 9.06. The molecule has 2 rings (SSSR count). The number of aliphatic hydroxyl groups excluding tert-OH is 1. The smallest absolute Gasteiger partial charge is 0.192 e. The van der Waals surface area contributed by atoms with Crippen LogP contribution in [0, 0.1) is 6.92 Å². The quantitative estimate of drug-likeness (QED) is 0.683. The van der Waals surface area contributed by atoms with Crippen molar-refractivity contribution < 1.29 is 19.1 Å². The van der Waals surface area contributed by atoms with Crippen LogP contribution < -0.4 is 14.8 Å². The highest BCUT2D eigenvalue weighted by molar-refractivity contribution is 6.31. The van der Waals surface area contributed by atoms with Crippen molar-refractivity contribution in [3.8, 4) is 11.5 Å². The topological polar surface area (TPSA) is 76.8 Å². The van der Waals surface area contributed by atoms with E-state index in [1.165, 1.54) is 0 Å². The maximum absolute atomic E-state index is 9.93. The number of nitrogens with zero attached hydrogens (tertiary/aromatic N) is 1. The predicted octanol–water partition coefficient (Wildman–Crippen LogP) is 3.37. The highest BCUT2D eigenvalue weighted by Crippen LogP contribution is 2.29. The average molecular weight is 391 g/mol. The van der Waals surface area contributed by atoms with E-state index in [4.69, 9.17) is 25.6 Å². The van der Waals surface area contributed by atoms with Gasteiger partial charge in [-0.15, -0.1) is 12.4 Å². The molecule has 6 nitrogen and oxygen atoms in total. The first-order valence-electron chi connectivity index (χ1n) is 7.84. The summed E-state index contributed by atoms with van der Waals surface area (Å²) < 4.78 is 16.5. The van der Waals surface area contributed by atoms with Gasteiger partial charge in [-0.2, -0.15) is 0 Å². The summed E-state index contributed by atoms with van der Waals surface area (Å²) in [4.78, 5) is 0. The number of hydrogen-bond acceptors (Lipinski definition) is 6. The zero-order valence-electron chi connectivity index (χ0n) is 14.5. The molecule has 0 aliphatic carbocycles. The minimum atomic E-state index is -0.605. The minimum absolute atomic E-state index is 0. The molecular formula is C17H24Cl2N2O4. The molecule has 0 aliphatic rings. The van der Waals surface area contributed by atoms with Crippen molar-refractivity contribution in [1.82, 2.24) is 10.5 Å². The van der Waals surface area contributed by atoms with Crippen molar-refractivity contribution in [1.29, 1.82) is 0 Å². The molecule has 1 unspecified atom stereocenters. The van der Waals surface area contributed by atoms with Crippen LogP contribution in [0.4, 0.5) is 0 Å². The fourth-order valence-corrected chi connectivity index (χ4v) is 2.07. The molecular weight excluding hydrogens is 367 g/mol. The van der Waals surface area contributed by atoms with Crippen molar-refractivity contribution in [2.75, 3.05) is 13.2 Å². The van der Waals surface area contributed by atoms with Crippen LogP contribution in [0.1, 0.15) is 25.3 Å². The van der Waals surface area contributed by atoms with E-state index < -0.39 is 6.10 Å². The second-order valence-corrected chi connectivity index (χ2v) is 6.15. The monoisotopic (exact) mass is 390 g/mol. The van der Waals surface area contributed by atoms with E-state index in [1.807, 2.05) is 26.0 Å². The van der Waals surface area contributed by atoms with Crippen LogP contribution in [0.25, 0.3) is 0 Å². The van der Waals surface area contributed by atoms with Crippen LogP contribution in [-0.4, -0.2) is 35.6 Å². The molecule has 140 valence electrons.